The third-order valence-electron chi connectivity index (χ3n) is 3.00. The predicted molar refractivity (Wildman–Crippen MR) is 76.7 cm³/mol. The molecule has 0 amide bonds. The second-order valence-corrected chi connectivity index (χ2v) is 5.50. The summed E-state index contributed by atoms with van der Waals surface area (Å²) in [5.41, 5.74) is 7.08. The van der Waals surface area contributed by atoms with Crippen LogP contribution in [0.25, 0.3) is 11.5 Å². The molecular weight excluding hydrogens is 278 g/mol. The third kappa shape index (κ3) is 2.59. The van der Waals surface area contributed by atoms with E-state index in [0.717, 1.165) is 17.1 Å². The van der Waals surface area contributed by atoms with Crippen LogP contribution in [0.3, 0.4) is 0 Å². The van der Waals surface area contributed by atoms with Gasteiger partial charge < -0.3 is 19.7 Å². The van der Waals surface area contributed by atoms with E-state index < -0.39 is 0 Å². The summed E-state index contributed by atoms with van der Waals surface area (Å²) in [5.74, 6) is 3.45. The Labute approximate surface area is 120 Å². The Morgan fingerprint density at radius 3 is 3.10 bits per heavy atom. The lowest BCUT2D eigenvalue weighted by Crippen LogP contribution is -2.16. The van der Waals surface area contributed by atoms with Gasteiger partial charge in [0, 0.05) is 23.3 Å². The molecule has 2 N–H and O–H groups in total. The van der Waals surface area contributed by atoms with Gasteiger partial charge in [0.25, 0.3) is 5.89 Å². The molecule has 20 heavy (non-hydrogen) atoms. The van der Waals surface area contributed by atoms with Gasteiger partial charge in [-0.15, -0.1) is 0 Å². The second-order valence-electron chi connectivity index (χ2n) is 4.35. The zero-order valence-corrected chi connectivity index (χ0v) is 11.9. The average Bonchev–Trinajstić information content (AvgIpc) is 2.97. The van der Waals surface area contributed by atoms with Crippen LogP contribution in [0, 0.1) is 0 Å². The van der Waals surface area contributed by atoms with Gasteiger partial charge in [-0.2, -0.15) is 16.7 Å². The number of aromatic nitrogens is 2. The lowest BCUT2D eigenvalue weighted by atomic mass is 10.2. The van der Waals surface area contributed by atoms with Crippen LogP contribution in [0.1, 0.15) is 11.9 Å². The first-order chi connectivity index (χ1) is 9.78. The van der Waals surface area contributed by atoms with Gasteiger partial charge >= 0.3 is 0 Å². The smallest absolute Gasteiger partial charge is 0.261 e. The normalized spacial score (nSPS) is 18.9. The maximum absolute atomic E-state index is 5.73. The minimum Gasteiger partial charge on any atom is -0.496 e. The summed E-state index contributed by atoms with van der Waals surface area (Å²) in [6, 6.07) is 5.31. The van der Waals surface area contributed by atoms with Gasteiger partial charge in [-0.3, -0.25) is 0 Å². The fraction of sp³-hybridized carbons (Fsp3) is 0.385. The van der Waals surface area contributed by atoms with Crippen LogP contribution < -0.4 is 10.5 Å². The van der Waals surface area contributed by atoms with Crippen molar-refractivity contribution in [2.75, 3.05) is 31.0 Å². The Balaban J connectivity index is 1.89. The molecule has 1 fully saturated rings. The van der Waals surface area contributed by atoms with Crippen molar-refractivity contribution in [3.05, 3.63) is 24.0 Å². The second kappa shape index (κ2) is 5.72. The van der Waals surface area contributed by atoms with Gasteiger partial charge in [0.2, 0.25) is 5.82 Å². The maximum Gasteiger partial charge on any atom is 0.261 e. The summed E-state index contributed by atoms with van der Waals surface area (Å²) in [6.07, 6.45) is -0.106. The van der Waals surface area contributed by atoms with Crippen molar-refractivity contribution in [3.63, 3.8) is 0 Å². The van der Waals surface area contributed by atoms with Crippen LogP contribution in [0.15, 0.2) is 22.7 Å². The highest BCUT2D eigenvalue weighted by Gasteiger charge is 2.23. The molecule has 0 bridgehead atoms. The van der Waals surface area contributed by atoms with E-state index in [9.17, 15) is 0 Å². The van der Waals surface area contributed by atoms with E-state index in [-0.39, 0.29) is 6.10 Å². The number of methoxy groups -OCH3 is 1. The van der Waals surface area contributed by atoms with E-state index in [1.54, 1.807) is 19.2 Å². The highest BCUT2D eigenvalue weighted by Crippen LogP contribution is 2.32. The molecule has 1 aromatic carbocycles. The fourth-order valence-corrected chi connectivity index (χ4v) is 2.84. The number of nitrogen functional groups attached to an aromatic ring is 1. The molecule has 0 saturated carbocycles. The number of thioether (sulfide) groups is 1. The first kappa shape index (κ1) is 13.3. The molecule has 106 valence electrons. The molecule has 2 heterocycles. The quantitative estimate of drug-likeness (QED) is 0.868. The number of nitrogens with two attached hydrogens (primary N) is 1. The number of nitrogens with zero attached hydrogens (tertiary/aromatic N) is 2. The number of hydrogen-bond donors (Lipinski definition) is 1. The van der Waals surface area contributed by atoms with E-state index in [0.29, 0.717) is 29.8 Å². The van der Waals surface area contributed by atoms with Crippen molar-refractivity contribution >= 4 is 17.4 Å². The lowest BCUT2D eigenvalue weighted by molar-refractivity contribution is 0.0677. The van der Waals surface area contributed by atoms with Gasteiger partial charge in [-0.1, -0.05) is 5.16 Å². The van der Waals surface area contributed by atoms with Crippen LogP contribution in [0.4, 0.5) is 5.69 Å². The minimum absolute atomic E-state index is 0.106. The highest BCUT2D eigenvalue weighted by molar-refractivity contribution is 7.99. The Morgan fingerprint density at radius 1 is 1.45 bits per heavy atom. The number of anilines is 1. The van der Waals surface area contributed by atoms with E-state index in [4.69, 9.17) is 19.7 Å². The molecule has 1 aromatic heterocycles. The summed E-state index contributed by atoms with van der Waals surface area (Å²) >= 11 is 1.82. The first-order valence-corrected chi connectivity index (χ1v) is 7.40. The van der Waals surface area contributed by atoms with Crippen LogP contribution in [-0.4, -0.2) is 35.4 Å². The number of ether oxygens (including phenoxy) is 2. The van der Waals surface area contributed by atoms with E-state index in [1.807, 2.05) is 17.8 Å². The van der Waals surface area contributed by atoms with Crippen molar-refractivity contribution in [2.45, 2.75) is 6.10 Å². The van der Waals surface area contributed by atoms with Crippen molar-refractivity contribution in [1.82, 2.24) is 10.1 Å². The maximum atomic E-state index is 5.73. The summed E-state index contributed by atoms with van der Waals surface area (Å²) in [5, 5.41) is 4.00. The van der Waals surface area contributed by atoms with Gasteiger partial charge in [-0.25, -0.2) is 0 Å². The molecule has 1 atom stereocenters. The Bertz CT molecular complexity index is 596. The van der Waals surface area contributed by atoms with Gasteiger partial charge in [0.15, 0.2) is 0 Å². The molecule has 0 radical (unpaired) electrons. The van der Waals surface area contributed by atoms with Crippen LogP contribution in [-0.2, 0) is 4.74 Å². The molecule has 7 heteroatoms. The van der Waals surface area contributed by atoms with Crippen LogP contribution >= 0.6 is 11.8 Å². The van der Waals surface area contributed by atoms with Gasteiger partial charge in [0.05, 0.1) is 19.3 Å². The van der Waals surface area contributed by atoms with E-state index >= 15 is 0 Å². The average molecular weight is 293 g/mol. The molecule has 2 aromatic rings. The van der Waals surface area contributed by atoms with Crippen LogP contribution in [0.2, 0.25) is 0 Å². The van der Waals surface area contributed by atoms with Crippen molar-refractivity contribution in [1.29, 1.82) is 0 Å². The van der Waals surface area contributed by atoms with E-state index in [1.165, 1.54) is 0 Å². The molecule has 1 unspecified atom stereocenters. The molecular formula is C13H15N3O3S. The Hall–Kier alpha value is -1.73. The molecule has 1 aliphatic rings. The molecule has 6 nitrogen and oxygen atoms in total. The predicted octanol–water partition coefficient (Wildman–Crippen LogP) is 2.13. The Morgan fingerprint density at radius 2 is 2.35 bits per heavy atom. The molecule has 3 rings (SSSR count). The SMILES string of the molecule is COc1cc(N)ccc1-c1nc(C2CSCCO2)no1. The zero-order valence-electron chi connectivity index (χ0n) is 11.0. The monoisotopic (exact) mass is 293 g/mol. The van der Waals surface area contributed by atoms with E-state index in [2.05, 4.69) is 10.1 Å². The van der Waals surface area contributed by atoms with Gasteiger partial charge in [-0.05, 0) is 12.1 Å². The fourth-order valence-electron chi connectivity index (χ4n) is 2.00. The van der Waals surface area contributed by atoms with Crippen molar-refractivity contribution in [3.8, 4) is 17.2 Å². The van der Waals surface area contributed by atoms with Gasteiger partial charge in [0.1, 0.15) is 11.9 Å². The Kier molecular flexibility index (Phi) is 3.79. The number of hydrogen-bond acceptors (Lipinski definition) is 7. The minimum atomic E-state index is -0.106. The number of benzene rings is 1. The zero-order chi connectivity index (χ0) is 13.9. The van der Waals surface area contributed by atoms with Crippen molar-refractivity contribution < 1.29 is 14.0 Å². The lowest BCUT2D eigenvalue weighted by Gasteiger charge is -2.18. The first-order valence-electron chi connectivity index (χ1n) is 6.25. The highest BCUT2D eigenvalue weighted by atomic mass is 32.2. The number of rotatable bonds is 3. The summed E-state index contributed by atoms with van der Waals surface area (Å²) in [6.45, 7) is 0.713. The third-order valence-corrected chi connectivity index (χ3v) is 4.00. The summed E-state index contributed by atoms with van der Waals surface area (Å²) < 4.78 is 16.2. The van der Waals surface area contributed by atoms with Crippen molar-refractivity contribution in [2.24, 2.45) is 0 Å². The molecule has 0 aliphatic carbocycles. The molecule has 0 spiro atoms. The molecule has 1 aliphatic heterocycles. The largest absolute Gasteiger partial charge is 0.496 e. The topological polar surface area (TPSA) is 83.4 Å². The molecule has 1 saturated heterocycles. The summed E-state index contributed by atoms with van der Waals surface area (Å²) in [4.78, 5) is 4.41. The van der Waals surface area contributed by atoms with Crippen LogP contribution in [0.5, 0.6) is 5.75 Å². The standard InChI is InChI=1S/C13H15N3O3S/c1-17-10-6-8(14)2-3-9(10)13-15-12(16-19-13)11-7-20-5-4-18-11/h2-3,6,11H,4-5,7,14H2,1H3. The summed E-state index contributed by atoms with van der Waals surface area (Å²) in [7, 11) is 1.58.